The van der Waals surface area contributed by atoms with Gasteiger partial charge < -0.3 is 9.73 Å². The van der Waals surface area contributed by atoms with Crippen molar-refractivity contribution in [1.29, 1.82) is 0 Å². The predicted molar refractivity (Wildman–Crippen MR) is 76.7 cm³/mol. The van der Waals surface area contributed by atoms with Crippen LogP contribution in [0, 0.1) is 0 Å². The van der Waals surface area contributed by atoms with Gasteiger partial charge in [0.2, 0.25) is 0 Å². The Balaban J connectivity index is 1.81. The maximum absolute atomic E-state index is 12.2. The molecule has 0 atom stereocenters. The van der Waals surface area contributed by atoms with Gasteiger partial charge in [0.05, 0.1) is 5.56 Å². The molecule has 2 aromatic heterocycles. The van der Waals surface area contributed by atoms with Gasteiger partial charge in [-0.25, -0.2) is 0 Å². The van der Waals surface area contributed by atoms with Crippen LogP contribution in [0.15, 0.2) is 41.0 Å². The largest absolute Gasteiger partial charge is 0.463 e. The zero-order valence-corrected chi connectivity index (χ0v) is 11.1. The van der Waals surface area contributed by atoms with Crippen LogP contribution < -0.4 is 5.32 Å². The van der Waals surface area contributed by atoms with Crippen LogP contribution in [0.2, 0.25) is 0 Å². The molecule has 0 radical (unpaired) electrons. The molecule has 1 aromatic carbocycles. The third-order valence-electron chi connectivity index (χ3n) is 3.12. The number of rotatable bonds is 4. The van der Waals surface area contributed by atoms with Crippen LogP contribution in [0.4, 0.5) is 5.82 Å². The highest BCUT2D eigenvalue weighted by molar-refractivity contribution is 6.11. The van der Waals surface area contributed by atoms with Crippen LogP contribution >= 0.6 is 0 Å². The molecule has 102 valence electrons. The fraction of sp³-hybridized carbons (Fsp3) is 0.200. The third-order valence-corrected chi connectivity index (χ3v) is 3.12. The topological polar surface area (TPSA) is 70.9 Å². The van der Waals surface area contributed by atoms with Crippen molar-refractivity contribution in [3.63, 3.8) is 0 Å². The molecular formula is C15H15N3O2. The molecule has 0 aliphatic heterocycles. The number of nitrogens with one attached hydrogen (secondary N) is 2. The highest BCUT2D eigenvalue weighted by atomic mass is 16.3. The van der Waals surface area contributed by atoms with Gasteiger partial charge in [0.1, 0.15) is 11.8 Å². The Morgan fingerprint density at radius 3 is 3.10 bits per heavy atom. The number of hydrogen-bond donors (Lipinski definition) is 2. The van der Waals surface area contributed by atoms with Gasteiger partial charge in [-0.1, -0.05) is 31.5 Å². The number of anilines is 1. The molecular weight excluding hydrogens is 254 g/mol. The lowest BCUT2D eigenvalue weighted by Crippen LogP contribution is -2.11. The first-order chi connectivity index (χ1) is 9.78. The quantitative estimate of drug-likeness (QED) is 0.763. The number of carbonyl (C=O) groups excluding carboxylic acids is 1. The summed E-state index contributed by atoms with van der Waals surface area (Å²) in [6, 6.07) is 9.30. The fourth-order valence-electron chi connectivity index (χ4n) is 2.16. The summed E-state index contributed by atoms with van der Waals surface area (Å²) in [5.41, 5.74) is 2.23. The number of aromatic amines is 1. The summed E-state index contributed by atoms with van der Waals surface area (Å²) in [5.74, 6) is 0.313. The zero-order valence-electron chi connectivity index (χ0n) is 11.1. The zero-order chi connectivity index (χ0) is 13.9. The van der Waals surface area contributed by atoms with Gasteiger partial charge >= 0.3 is 0 Å². The molecule has 0 spiro atoms. The highest BCUT2D eigenvalue weighted by Gasteiger charge is 2.14. The monoisotopic (exact) mass is 269 g/mol. The van der Waals surface area contributed by atoms with Crippen molar-refractivity contribution in [2.75, 3.05) is 5.32 Å². The molecule has 0 aliphatic carbocycles. The minimum absolute atomic E-state index is 0.218. The molecule has 1 amide bonds. The normalized spacial score (nSPS) is 10.8. The predicted octanol–water partition coefficient (Wildman–Crippen LogP) is 3.36. The molecule has 0 fully saturated rings. The summed E-state index contributed by atoms with van der Waals surface area (Å²) in [5, 5.41) is 10.6. The smallest absolute Gasteiger partial charge is 0.260 e. The number of carbonyl (C=O) groups is 1. The standard InChI is InChI=1S/C15H15N3O2/c1-2-5-10-8-14(18-17-10)16-15(19)12-9-20-13-7-4-3-6-11(12)13/h3-4,6-9H,2,5H2,1H3,(H2,16,17,18,19). The van der Waals surface area contributed by atoms with E-state index >= 15 is 0 Å². The number of hydrogen-bond acceptors (Lipinski definition) is 3. The second-order valence-corrected chi connectivity index (χ2v) is 4.63. The minimum atomic E-state index is -0.218. The summed E-state index contributed by atoms with van der Waals surface area (Å²) in [4.78, 5) is 12.2. The first kappa shape index (κ1) is 12.5. The molecule has 3 aromatic rings. The summed E-state index contributed by atoms with van der Waals surface area (Å²) >= 11 is 0. The molecule has 2 heterocycles. The van der Waals surface area contributed by atoms with E-state index in [1.54, 1.807) is 0 Å². The number of aryl methyl sites for hydroxylation is 1. The Hall–Kier alpha value is -2.56. The second-order valence-electron chi connectivity index (χ2n) is 4.63. The van der Waals surface area contributed by atoms with Gasteiger partial charge in [0, 0.05) is 17.1 Å². The van der Waals surface area contributed by atoms with Crippen molar-refractivity contribution in [2.24, 2.45) is 0 Å². The maximum Gasteiger partial charge on any atom is 0.260 e. The SMILES string of the molecule is CCCc1cc(NC(=O)c2coc3ccccc23)n[nH]1. The van der Waals surface area contributed by atoms with Gasteiger partial charge in [-0.2, -0.15) is 5.10 Å². The van der Waals surface area contributed by atoms with E-state index in [0.29, 0.717) is 17.0 Å². The van der Waals surface area contributed by atoms with Gasteiger partial charge in [-0.05, 0) is 12.5 Å². The van der Waals surface area contributed by atoms with Crippen LogP contribution in [0.25, 0.3) is 11.0 Å². The van der Waals surface area contributed by atoms with Crippen LogP contribution in [-0.2, 0) is 6.42 Å². The van der Waals surface area contributed by atoms with Crippen LogP contribution in [0.3, 0.4) is 0 Å². The van der Waals surface area contributed by atoms with E-state index in [-0.39, 0.29) is 5.91 Å². The lowest BCUT2D eigenvalue weighted by Gasteiger charge is -1.98. The Morgan fingerprint density at radius 2 is 2.25 bits per heavy atom. The van der Waals surface area contributed by atoms with Crippen molar-refractivity contribution in [3.05, 3.63) is 47.9 Å². The summed E-state index contributed by atoms with van der Waals surface area (Å²) in [6.07, 6.45) is 3.42. The van der Waals surface area contributed by atoms with E-state index in [4.69, 9.17) is 4.42 Å². The highest BCUT2D eigenvalue weighted by Crippen LogP contribution is 2.21. The number of para-hydroxylation sites is 1. The van der Waals surface area contributed by atoms with E-state index in [1.165, 1.54) is 6.26 Å². The molecule has 2 N–H and O–H groups in total. The number of H-pyrrole nitrogens is 1. The number of furan rings is 1. The van der Waals surface area contributed by atoms with Crippen molar-refractivity contribution >= 4 is 22.7 Å². The van der Waals surface area contributed by atoms with Crippen molar-refractivity contribution in [3.8, 4) is 0 Å². The Morgan fingerprint density at radius 1 is 1.40 bits per heavy atom. The summed E-state index contributed by atoms with van der Waals surface area (Å²) < 4.78 is 5.36. The summed E-state index contributed by atoms with van der Waals surface area (Å²) in [7, 11) is 0. The number of nitrogens with zero attached hydrogens (tertiary/aromatic N) is 1. The Bertz CT molecular complexity index is 742. The van der Waals surface area contributed by atoms with Gasteiger partial charge in [-0.3, -0.25) is 9.89 Å². The Labute approximate surface area is 116 Å². The molecule has 20 heavy (non-hydrogen) atoms. The van der Waals surface area contributed by atoms with Crippen molar-refractivity contribution in [2.45, 2.75) is 19.8 Å². The maximum atomic E-state index is 12.2. The molecule has 3 rings (SSSR count). The van der Waals surface area contributed by atoms with Gasteiger partial charge in [0.15, 0.2) is 5.82 Å². The average molecular weight is 269 g/mol. The van der Waals surface area contributed by atoms with Crippen molar-refractivity contribution < 1.29 is 9.21 Å². The molecule has 5 nitrogen and oxygen atoms in total. The molecule has 0 unspecified atom stereocenters. The van der Waals surface area contributed by atoms with E-state index < -0.39 is 0 Å². The van der Waals surface area contributed by atoms with E-state index in [2.05, 4.69) is 22.4 Å². The lowest BCUT2D eigenvalue weighted by molar-refractivity contribution is 0.102. The van der Waals surface area contributed by atoms with Gasteiger partial charge in [0.25, 0.3) is 5.91 Å². The molecule has 5 heteroatoms. The third kappa shape index (κ3) is 2.30. The van der Waals surface area contributed by atoms with Crippen LogP contribution in [-0.4, -0.2) is 16.1 Å². The van der Waals surface area contributed by atoms with Crippen LogP contribution in [0.5, 0.6) is 0 Å². The summed E-state index contributed by atoms with van der Waals surface area (Å²) in [6.45, 7) is 2.09. The number of fused-ring (bicyclic) bond motifs is 1. The van der Waals surface area contributed by atoms with E-state index in [9.17, 15) is 4.79 Å². The fourth-order valence-corrected chi connectivity index (χ4v) is 2.16. The van der Waals surface area contributed by atoms with Crippen molar-refractivity contribution in [1.82, 2.24) is 10.2 Å². The van der Waals surface area contributed by atoms with E-state index in [1.807, 2.05) is 30.3 Å². The molecule has 0 bridgehead atoms. The number of aromatic nitrogens is 2. The average Bonchev–Trinajstić information content (AvgIpc) is 3.06. The van der Waals surface area contributed by atoms with E-state index in [0.717, 1.165) is 23.9 Å². The number of amides is 1. The lowest BCUT2D eigenvalue weighted by atomic mass is 10.1. The van der Waals surface area contributed by atoms with Crippen LogP contribution in [0.1, 0.15) is 29.4 Å². The second kappa shape index (κ2) is 5.21. The minimum Gasteiger partial charge on any atom is -0.463 e. The molecule has 0 aliphatic rings. The van der Waals surface area contributed by atoms with Gasteiger partial charge in [-0.15, -0.1) is 0 Å². The molecule has 0 saturated carbocycles. The first-order valence-electron chi connectivity index (χ1n) is 6.60. The molecule has 0 saturated heterocycles. The first-order valence-corrected chi connectivity index (χ1v) is 6.60. The Kier molecular flexibility index (Phi) is 3.25. The number of benzene rings is 1.